The molecule has 1 aliphatic rings. The summed E-state index contributed by atoms with van der Waals surface area (Å²) in [7, 11) is 0. The van der Waals surface area contributed by atoms with Crippen LogP contribution in [0.1, 0.15) is 46.2 Å². The van der Waals surface area contributed by atoms with Crippen molar-refractivity contribution in [2.24, 2.45) is 5.92 Å². The summed E-state index contributed by atoms with van der Waals surface area (Å²) in [5.74, 6) is 0.619. The Morgan fingerprint density at radius 2 is 1.94 bits per heavy atom. The van der Waals surface area contributed by atoms with E-state index in [1.54, 1.807) is 0 Å². The topological polar surface area (TPSA) is 34.4 Å². The Morgan fingerprint density at radius 3 is 2.67 bits per heavy atom. The number of hydrogen-bond acceptors (Lipinski definition) is 2. The van der Waals surface area contributed by atoms with Crippen LogP contribution in [0.2, 0.25) is 0 Å². The van der Waals surface area contributed by atoms with Crippen LogP contribution >= 0.6 is 0 Å². The number of nitrogens with zero attached hydrogens (tertiary/aromatic N) is 2. The molecule has 2 heterocycles. The molecule has 1 aliphatic carbocycles. The van der Waals surface area contributed by atoms with Crippen molar-refractivity contribution in [3.63, 3.8) is 0 Å². The van der Waals surface area contributed by atoms with E-state index < -0.39 is 0 Å². The Morgan fingerprint density at radius 1 is 1.22 bits per heavy atom. The number of imidazole rings is 1. The molecule has 0 aromatic carbocycles. The van der Waals surface area contributed by atoms with Crippen molar-refractivity contribution in [2.75, 3.05) is 0 Å². The van der Waals surface area contributed by atoms with E-state index in [9.17, 15) is 4.79 Å². The molecule has 3 rings (SSSR count). The number of carbonyl (C=O) groups excluding carboxylic acids is 1. The van der Waals surface area contributed by atoms with Gasteiger partial charge >= 0.3 is 0 Å². The molecule has 18 heavy (non-hydrogen) atoms. The zero-order chi connectivity index (χ0) is 13.0. The second-order valence-corrected chi connectivity index (χ2v) is 5.60. The summed E-state index contributed by atoms with van der Waals surface area (Å²) in [6, 6.07) is 0. The van der Waals surface area contributed by atoms with Gasteiger partial charge in [-0.15, -0.1) is 0 Å². The molecule has 0 saturated heterocycles. The lowest BCUT2D eigenvalue weighted by Gasteiger charge is -2.17. The Bertz CT molecular complexity index is 667. The first-order valence-electron chi connectivity index (χ1n) is 6.50. The second-order valence-electron chi connectivity index (χ2n) is 5.60. The largest absolute Gasteiger partial charge is 0.303 e. The van der Waals surface area contributed by atoms with Gasteiger partial charge < -0.3 is 4.40 Å². The fourth-order valence-electron chi connectivity index (χ4n) is 2.86. The number of ketones is 1. The third kappa shape index (κ3) is 1.43. The average Bonchev–Trinajstić information content (AvgIpc) is 2.66. The van der Waals surface area contributed by atoms with Crippen LogP contribution < -0.4 is 0 Å². The minimum atomic E-state index is 0.196. The van der Waals surface area contributed by atoms with E-state index in [1.165, 1.54) is 16.7 Å². The molecule has 2 aromatic rings. The number of fused-ring (bicyclic) bond motifs is 3. The van der Waals surface area contributed by atoms with Crippen molar-refractivity contribution >= 4 is 11.4 Å². The Balaban J connectivity index is 2.38. The highest BCUT2D eigenvalue weighted by atomic mass is 16.1. The lowest BCUT2D eigenvalue weighted by Crippen LogP contribution is -2.18. The molecule has 3 nitrogen and oxygen atoms in total. The first-order valence-corrected chi connectivity index (χ1v) is 6.50. The summed E-state index contributed by atoms with van der Waals surface area (Å²) in [5, 5.41) is 0. The van der Waals surface area contributed by atoms with Gasteiger partial charge in [-0.25, -0.2) is 4.98 Å². The van der Waals surface area contributed by atoms with Crippen molar-refractivity contribution in [1.82, 2.24) is 9.38 Å². The Hall–Kier alpha value is -1.64. The zero-order valence-corrected chi connectivity index (χ0v) is 11.4. The van der Waals surface area contributed by atoms with Gasteiger partial charge in [-0.1, -0.05) is 6.92 Å². The van der Waals surface area contributed by atoms with Crippen molar-refractivity contribution < 1.29 is 4.79 Å². The summed E-state index contributed by atoms with van der Waals surface area (Å²) in [6.45, 7) is 8.45. The highest BCUT2D eigenvalue weighted by molar-refractivity contribution is 5.97. The number of Topliss-reactive ketones (excluding diaryl/α,β-unsaturated/α-hetero) is 1. The zero-order valence-electron chi connectivity index (χ0n) is 11.4. The molecular formula is C15H18N2O. The van der Waals surface area contributed by atoms with E-state index in [1.807, 2.05) is 0 Å². The molecular weight excluding hydrogens is 224 g/mol. The third-order valence-corrected chi connectivity index (χ3v) is 4.16. The SMILES string of the molecule is Cc1cn2c3c(nc2c(C)c1C)C(=O)CC(C)C3. The van der Waals surface area contributed by atoms with Gasteiger partial charge in [0.05, 0.1) is 5.69 Å². The van der Waals surface area contributed by atoms with Crippen molar-refractivity contribution in [2.45, 2.75) is 40.5 Å². The van der Waals surface area contributed by atoms with Gasteiger partial charge in [0.15, 0.2) is 5.78 Å². The molecule has 94 valence electrons. The molecule has 0 amide bonds. The van der Waals surface area contributed by atoms with Crippen molar-refractivity contribution in [3.05, 3.63) is 34.3 Å². The van der Waals surface area contributed by atoms with Crippen LogP contribution in [0.5, 0.6) is 0 Å². The second kappa shape index (κ2) is 3.67. The van der Waals surface area contributed by atoms with E-state index in [0.29, 0.717) is 18.0 Å². The normalized spacial score (nSPS) is 19.3. The number of carbonyl (C=O) groups is 1. The summed E-state index contributed by atoms with van der Waals surface area (Å²) in [5.41, 5.74) is 6.45. The number of pyridine rings is 1. The van der Waals surface area contributed by atoms with Crippen molar-refractivity contribution in [3.8, 4) is 0 Å². The predicted molar refractivity (Wildman–Crippen MR) is 71.2 cm³/mol. The molecule has 0 radical (unpaired) electrons. The van der Waals surface area contributed by atoms with E-state index in [4.69, 9.17) is 0 Å². The van der Waals surface area contributed by atoms with Gasteiger partial charge in [-0.2, -0.15) is 0 Å². The molecule has 0 bridgehead atoms. The molecule has 0 fully saturated rings. The standard InChI is InChI=1S/C15H18N2O/c1-8-5-12-14(13(18)6-8)16-15-11(4)10(3)9(2)7-17(12)15/h7-8H,5-6H2,1-4H3. The molecule has 3 heteroatoms. The summed E-state index contributed by atoms with van der Waals surface area (Å²) < 4.78 is 2.13. The number of aromatic nitrogens is 2. The summed E-state index contributed by atoms with van der Waals surface area (Å²) in [4.78, 5) is 16.7. The van der Waals surface area contributed by atoms with Crippen LogP contribution in [0, 0.1) is 26.7 Å². The maximum Gasteiger partial charge on any atom is 0.183 e. The van der Waals surface area contributed by atoms with Crippen LogP contribution in [-0.4, -0.2) is 15.2 Å². The maximum atomic E-state index is 12.1. The lowest BCUT2D eigenvalue weighted by molar-refractivity contribution is 0.0948. The molecule has 0 spiro atoms. The van der Waals surface area contributed by atoms with Crippen LogP contribution in [0.25, 0.3) is 5.65 Å². The first kappa shape index (κ1) is 11.5. The van der Waals surface area contributed by atoms with Gasteiger partial charge in [0, 0.05) is 12.6 Å². The summed E-state index contributed by atoms with van der Waals surface area (Å²) in [6.07, 6.45) is 3.70. The van der Waals surface area contributed by atoms with Crippen molar-refractivity contribution in [1.29, 1.82) is 0 Å². The first-order chi connectivity index (χ1) is 8.49. The predicted octanol–water partition coefficient (Wildman–Crippen LogP) is 3.02. The molecule has 0 N–H and O–H groups in total. The van der Waals surface area contributed by atoms with Gasteiger partial charge in [0.2, 0.25) is 0 Å². The van der Waals surface area contributed by atoms with Crippen LogP contribution in [0.15, 0.2) is 6.20 Å². The quantitative estimate of drug-likeness (QED) is 0.711. The highest BCUT2D eigenvalue weighted by Crippen LogP contribution is 2.28. The molecule has 1 unspecified atom stereocenters. The fraction of sp³-hybridized carbons (Fsp3) is 0.467. The van der Waals surface area contributed by atoms with Gasteiger partial charge in [-0.05, 0) is 49.8 Å². The number of rotatable bonds is 0. The monoisotopic (exact) mass is 242 g/mol. The third-order valence-electron chi connectivity index (χ3n) is 4.16. The van der Waals surface area contributed by atoms with Crippen LogP contribution in [0.4, 0.5) is 0 Å². The van der Waals surface area contributed by atoms with Gasteiger partial charge in [-0.3, -0.25) is 4.79 Å². The van der Waals surface area contributed by atoms with E-state index in [2.05, 4.69) is 43.3 Å². The number of hydrogen-bond donors (Lipinski definition) is 0. The Kier molecular flexibility index (Phi) is 2.34. The fourth-order valence-corrected chi connectivity index (χ4v) is 2.86. The molecule has 0 aliphatic heterocycles. The van der Waals surface area contributed by atoms with Crippen LogP contribution in [-0.2, 0) is 6.42 Å². The van der Waals surface area contributed by atoms with E-state index in [0.717, 1.165) is 17.8 Å². The Labute approximate surface area is 107 Å². The lowest BCUT2D eigenvalue weighted by atomic mass is 9.90. The average molecular weight is 242 g/mol. The number of aryl methyl sites for hydroxylation is 2. The highest BCUT2D eigenvalue weighted by Gasteiger charge is 2.27. The smallest absolute Gasteiger partial charge is 0.183 e. The van der Waals surface area contributed by atoms with Crippen LogP contribution in [0.3, 0.4) is 0 Å². The molecule has 0 saturated carbocycles. The van der Waals surface area contributed by atoms with Gasteiger partial charge in [0.1, 0.15) is 11.3 Å². The molecule has 1 atom stereocenters. The molecule has 2 aromatic heterocycles. The van der Waals surface area contributed by atoms with E-state index >= 15 is 0 Å². The summed E-state index contributed by atoms with van der Waals surface area (Å²) >= 11 is 0. The van der Waals surface area contributed by atoms with Gasteiger partial charge in [0.25, 0.3) is 0 Å². The van der Waals surface area contributed by atoms with E-state index in [-0.39, 0.29) is 5.78 Å². The minimum Gasteiger partial charge on any atom is -0.303 e. The maximum absolute atomic E-state index is 12.1. The minimum absolute atomic E-state index is 0.196.